The zero-order valence-corrected chi connectivity index (χ0v) is 47.4. The van der Waals surface area contributed by atoms with Crippen molar-refractivity contribution in [3.63, 3.8) is 0 Å². The third-order valence-electron chi connectivity index (χ3n) is 15.1. The van der Waals surface area contributed by atoms with Crippen molar-refractivity contribution in [3.05, 3.63) is 192 Å². The molecule has 10 aromatic rings. The number of carbonyl (C=O) groups excluding carboxylic acids is 7. The maximum absolute atomic E-state index is 13.5. The van der Waals surface area contributed by atoms with Crippen LogP contribution in [0.4, 0.5) is 13.2 Å². The highest BCUT2D eigenvalue weighted by Crippen LogP contribution is 2.36. The summed E-state index contributed by atoms with van der Waals surface area (Å²) in [6.45, 7) is 2.12. The largest absolute Gasteiger partial charge is 0.494 e. The second-order valence-corrected chi connectivity index (χ2v) is 20.2. The predicted molar refractivity (Wildman–Crippen MR) is 313 cm³/mol. The fraction of sp³-hybridized carbons (Fsp3) is 0.190. The highest BCUT2D eigenvalue weighted by Gasteiger charge is 2.34. The Labute approximate surface area is 498 Å². The second kappa shape index (κ2) is 24.8. The molecule has 0 radical (unpaired) electrons. The lowest BCUT2D eigenvalue weighted by Gasteiger charge is -2.34. The van der Waals surface area contributed by atoms with Gasteiger partial charge in [0.05, 0.1) is 89.2 Å². The van der Waals surface area contributed by atoms with Crippen LogP contribution in [-0.2, 0) is 20.5 Å². The molecule has 12 rings (SSSR count). The Morgan fingerprint density at radius 1 is 0.477 bits per heavy atom. The first-order valence-electron chi connectivity index (χ1n) is 27.5. The number of esters is 1. The van der Waals surface area contributed by atoms with Crippen LogP contribution in [0.15, 0.2) is 159 Å². The maximum Gasteiger partial charge on any atom is 0.416 e. The molecule has 0 bridgehead atoms. The van der Waals surface area contributed by atoms with Gasteiger partial charge in [0.1, 0.15) is 11.5 Å². The van der Waals surface area contributed by atoms with Crippen LogP contribution >= 0.6 is 0 Å². The average molecular weight is 1200 g/mol. The number of Topliss-reactive ketones (excluding diaryl/α,β-unsaturated/α-hetero) is 2. The molecule has 0 spiro atoms. The molecule has 0 saturated carbocycles. The first-order valence-corrected chi connectivity index (χ1v) is 27.5. The molecule has 22 nitrogen and oxygen atoms in total. The molecule has 0 atom stereocenters. The van der Waals surface area contributed by atoms with E-state index < -0.39 is 41.1 Å². The molecule has 6 aromatic heterocycles. The normalized spacial score (nSPS) is 13.4. The monoisotopic (exact) mass is 1190 g/mol. The van der Waals surface area contributed by atoms with E-state index in [0.717, 1.165) is 17.7 Å². The zero-order chi connectivity index (χ0) is 61.8. The Bertz CT molecular complexity index is 4280. The molecule has 2 fully saturated rings. The second-order valence-electron chi connectivity index (χ2n) is 20.2. The van der Waals surface area contributed by atoms with Gasteiger partial charge in [-0.3, -0.25) is 28.8 Å². The lowest BCUT2D eigenvalue weighted by molar-refractivity contribution is -0.137. The summed E-state index contributed by atoms with van der Waals surface area (Å²) in [7, 11) is 4.21. The lowest BCUT2D eigenvalue weighted by atomic mass is 10.1. The van der Waals surface area contributed by atoms with Gasteiger partial charge in [-0.1, -0.05) is 60.7 Å². The van der Waals surface area contributed by atoms with Crippen LogP contribution in [0.2, 0.25) is 0 Å². The fourth-order valence-corrected chi connectivity index (χ4v) is 10.4. The molecular formula is C63H53F3N12O10. The van der Waals surface area contributed by atoms with Gasteiger partial charge in [0.15, 0.2) is 11.6 Å². The molecule has 25 heteroatoms. The summed E-state index contributed by atoms with van der Waals surface area (Å²) >= 11 is 0. The number of H-pyrrole nitrogens is 2. The molecule has 2 saturated heterocycles. The number of ether oxygens (including phenoxy) is 3. The summed E-state index contributed by atoms with van der Waals surface area (Å²) < 4.78 is 57.6. The van der Waals surface area contributed by atoms with Gasteiger partial charge < -0.3 is 43.8 Å². The Morgan fingerprint density at radius 2 is 0.864 bits per heavy atom. The number of amides is 4. The molecule has 88 heavy (non-hydrogen) atoms. The van der Waals surface area contributed by atoms with Crippen LogP contribution in [-0.4, -0.2) is 174 Å². The van der Waals surface area contributed by atoms with Crippen LogP contribution in [0, 0.1) is 0 Å². The quantitative estimate of drug-likeness (QED) is 0.0631. The first kappa shape index (κ1) is 58.5. The number of methoxy groups -OCH3 is 3. The van der Waals surface area contributed by atoms with Gasteiger partial charge in [-0.05, 0) is 60.7 Å². The summed E-state index contributed by atoms with van der Waals surface area (Å²) in [6, 6.07) is 32.7. The van der Waals surface area contributed by atoms with Crippen molar-refractivity contribution in [2.75, 3.05) is 73.7 Å². The van der Waals surface area contributed by atoms with Gasteiger partial charge in [0.2, 0.25) is 0 Å². The summed E-state index contributed by atoms with van der Waals surface area (Å²) in [6.07, 6.45) is 4.63. The van der Waals surface area contributed by atoms with E-state index in [9.17, 15) is 46.7 Å². The summed E-state index contributed by atoms with van der Waals surface area (Å²) in [5, 5.41) is 9.86. The van der Waals surface area contributed by atoms with E-state index in [1.165, 1.54) is 72.7 Å². The number of hydrogen-bond donors (Lipinski definition) is 2. The smallest absolute Gasteiger partial charge is 0.416 e. The van der Waals surface area contributed by atoms with Crippen LogP contribution < -0.4 is 9.47 Å². The predicted octanol–water partition coefficient (Wildman–Crippen LogP) is 7.99. The van der Waals surface area contributed by atoms with E-state index in [1.807, 2.05) is 12.1 Å². The molecule has 0 unspecified atom stereocenters. The van der Waals surface area contributed by atoms with E-state index in [1.54, 1.807) is 112 Å². The zero-order valence-electron chi connectivity index (χ0n) is 47.4. The van der Waals surface area contributed by atoms with E-state index in [0.29, 0.717) is 99.0 Å². The number of nitrogens with zero attached hydrogens (tertiary/aromatic N) is 10. The number of carbonyl (C=O) groups is 7. The highest BCUT2D eigenvalue weighted by atomic mass is 19.4. The number of aromatic amines is 2. The molecule has 4 aromatic carbocycles. The minimum Gasteiger partial charge on any atom is -0.494 e. The Hall–Kier alpha value is -11.2. The number of halogens is 3. The van der Waals surface area contributed by atoms with Crippen molar-refractivity contribution in [1.82, 2.24) is 59.1 Å². The average Bonchev–Trinajstić information content (AvgIpc) is 2.29. The van der Waals surface area contributed by atoms with Crippen LogP contribution in [0.5, 0.6) is 11.5 Å². The molecular weight excluding hydrogens is 1140 g/mol. The Balaban J connectivity index is 0.000000182. The molecule has 2 aliphatic rings. The minimum absolute atomic E-state index is 0.0865. The molecule has 8 heterocycles. The number of fused-ring (bicyclic) bond motifs is 2. The van der Waals surface area contributed by atoms with E-state index in [2.05, 4.69) is 30.1 Å². The van der Waals surface area contributed by atoms with E-state index >= 15 is 0 Å². The van der Waals surface area contributed by atoms with Crippen molar-refractivity contribution >= 4 is 63.0 Å². The first-order chi connectivity index (χ1) is 42.5. The fourth-order valence-electron chi connectivity index (χ4n) is 10.4. The number of ketones is 2. The number of rotatable bonds is 13. The number of piperazine rings is 2. The van der Waals surface area contributed by atoms with E-state index in [-0.39, 0.29) is 54.9 Å². The van der Waals surface area contributed by atoms with Gasteiger partial charge in [0, 0.05) is 99.4 Å². The summed E-state index contributed by atoms with van der Waals surface area (Å²) in [4.78, 5) is 112. The number of aromatic nitrogens is 8. The summed E-state index contributed by atoms with van der Waals surface area (Å²) in [5.74, 6) is -2.20. The van der Waals surface area contributed by atoms with Crippen molar-refractivity contribution in [2.45, 2.75) is 6.18 Å². The lowest BCUT2D eigenvalue weighted by Crippen LogP contribution is -2.52. The van der Waals surface area contributed by atoms with Crippen LogP contribution in [0.25, 0.3) is 56.0 Å². The minimum atomic E-state index is -4.45. The number of hydrogen-bond acceptors (Lipinski definition) is 14. The molecule has 2 N–H and O–H groups in total. The number of nitrogens with one attached hydrogen (secondary N) is 2. The third kappa shape index (κ3) is 11.7. The van der Waals surface area contributed by atoms with Crippen LogP contribution in [0.1, 0.15) is 57.4 Å². The van der Waals surface area contributed by atoms with Gasteiger partial charge >= 0.3 is 12.1 Å². The van der Waals surface area contributed by atoms with Crippen molar-refractivity contribution in [3.8, 4) is 45.6 Å². The van der Waals surface area contributed by atoms with Crippen molar-refractivity contribution < 1.29 is 60.9 Å². The number of alkyl halides is 3. The summed E-state index contributed by atoms with van der Waals surface area (Å²) in [5.41, 5.74) is 4.18. The van der Waals surface area contributed by atoms with Gasteiger partial charge in [-0.15, -0.1) is 0 Å². The number of pyridine rings is 2. The third-order valence-corrected chi connectivity index (χ3v) is 15.1. The Morgan fingerprint density at radius 3 is 1.24 bits per heavy atom. The van der Waals surface area contributed by atoms with Gasteiger partial charge in [0.25, 0.3) is 35.2 Å². The standard InChI is InChI=1S/C32H28N6O6.C31H25F3N6O4/c1-43-25-19-34-29(38-13-12-24(35-38)20-8-10-22(11-9-20)32(42)44-2)27-26(25)23(18-33-27)28(39)31(41)37-16-14-36(15-17-37)30(40)21-6-4-3-5-7-21;1-44-24-18-36-28(40-12-11-23(37-40)19-7-9-21(10-8-19)31(32,33)34)26-25(24)22(17-35-26)27(41)30(43)39-15-13-38(14-16-39)29(42)20-5-3-2-4-6-20/h3-13,18-19,33H,14-17H2,1-2H3;2-12,17-18,35H,13-16H2,1H3. The van der Waals surface area contributed by atoms with Gasteiger partial charge in [-0.25, -0.2) is 24.1 Å². The SMILES string of the molecule is COC(=O)c1ccc(-c2ccn(-c3ncc(OC)c4c(C(=O)C(=O)N5CCN(C(=O)c6ccccc6)CC5)c[nH]c34)n2)cc1.COc1cnc(-n2ccc(-c3ccc(C(F)(F)F)cc3)n2)c2[nH]cc(C(=O)C(=O)N3CCN(C(=O)c4ccccc4)CC3)c12. The topological polar surface area (TPSA) is 253 Å². The molecule has 446 valence electrons. The number of benzene rings is 4. The Kier molecular flexibility index (Phi) is 16.5. The maximum atomic E-state index is 13.5. The highest BCUT2D eigenvalue weighted by molar-refractivity contribution is 6.46. The van der Waals surface area contributed by atoms with Crippen molar-refractivity contribution in [2.24, 2.45) is 0 Å². The van der Waals surface area contributed by atoms with E-state index in [4.69, 9.17) is 14.2 Å². The van der Waals surface area contributed by atoms with Crippen LogP contribution in [0.3, 0.4) is 0 Å². The molecule has 4 amide bonds. The molecule has 2 aliphatic heterocycles. The molecule has 0 aliphatic carbocycles. The van der Waals surface area contributed by atoms with Crippen molar-refractivity contribution in [1.29, 1.82) is 0 Å². The van der Waals surface area contributed by atoms with Gasteiger partial charge in [-0.2, -0.15) is 23.4 Å².